The van der Waals surface area contributed by atoms with Gasteiger partial charge in [0.05, 0.1) is 105 Å². The number of carbonyl (C=O) groups is 8. The van der Waals surface area contributed by atoms with Gasteiger partial charge in [-0.05, 0) is 84.8 Å². The summed E-state index contributed by atoms with van der Waals surface area (Å²) >= 11 is 6.62. The highest BCUT2D eigenvalue weighted by molar-refractivity contribution is 7.85. The van der Waals surface area contributed by atoms with Crippen LogP contribution in [0, 0.1) is 5.92 Å². The van der Waals surface area contributed by atoms with Gasteiger partial charge in [0.25, 0.3) is 16.0 Å². The first-order chi connectivity index (χ1) is 50.9. The van der Waals surface area contributed by atoms with Gasteiger partial charge in [0.15, 0.2) is 11.5 Å². The molecule has 3 aromatic heterocycles. The van der Waals surface area contributed by atoms with Crippen molar-refractivity contribution in [1.82, 2.24) is 51.6 Å². The van der Waals surface area contributed by atoms with E-state index in [0.29, 0.717) is 68.3 Å². The van der Waals surface area contributed by atoms with Crippen molar-refractivity contribution in [1.29, 1.82) is 0 Å². The zero-order chi connectivity index (χ0) is 76.6. The van der Waals surface area contributed by atoms with E-state index in [9.17, 15) is 51.3 Å². The maximum absolute atomic E-state index is 14.6. The Hall–Kier alpha value is -9.78. The first-order valence-electron chi connectivity index (χ1n) is 34.3. The lowest BCUT2D eigenvalue weighted by molar-refractivity contribution is -0.132. The van der Waals surface area contributed by atoms with E-state index < -0.39 is 81.5 Å². The number of hydrogen-bond donors (Lipinski definition) is 11. The molecular weight excluding hydrogens is 1420 g/mol. The van der Waals surface area contributed by atoms with Crippen molar-refractivity contribution in [2.75, 3.05) is 137 Å². The fraction of sp³-hybridized carbons (Fsp3) is 0.465. The minimum atomic E-state index is -4.65. The largest absolute Gasteiger partial charge is 0.493 e. The maximum atomic E-state index is 14.6. The number of ether oxygens (including phenoxy) is 9. The Morgan fingerprint density at radius 3 is 2.02 bits per heavy atom. The topological polar surface area (TPSA) is 427 Å². The third-order valence-corrected chi connectivity index (χ3v) is 18.5. The minimum Gasteiger partial charge on any atom is -0.493 e. The molecule has 0 spiro atoms. The number of aryl methyl sites for hydroxylation is 1. The van der Waals surface area contributed by atoms with Gasteiger partial charge in [-0.1, -0.05) is 44.2 Å². The minimum absolute atomic E-state index is 0.00886. The summed E-state index contributed by atoms with van der Waals surface area (Å²) in [6, 6.07) is 18.8. The molecule has 8 rings (SSSR count). The molecule has 0 aliphatic carbocycles. The summed E-state index contributed by atoms with van der Waals surface area (Å²) in [6.07, 6.45) is 0.159. The number of anilines is 2. The second-order valence-corrected chi connectivity index (χ2v) is 26.9. The van der Waals surface area contributed by atoms with Crippen LogP contribution in [0.1, 0.15) is 83.2 Å². The lowest BCUT2D eigenvalue weighted by Gasteiger charge is -2.25. The number of para-hydroxylation sites is 1. The molecule has 12 N–H and O–H groups in total. The zero-order valence-electron chi connectivity index (χ0n) is 60.4. The normalized spacial score (nSPS) is 13.7. The van der Waals surface area contributed by atoms with Crippen LogP contribution in [0.2, 0.25) is 0 Å². The number of amides is 8. The molecule has 7 aromatic rings. The number of nitrogens with zero attached hydrogens (tertiary/aromatic N) is 3. The van der Waals surface area contributed by atoms with E-state index in [2.05, 4.69) is 47.3 Å². The summed E-state index contributed by atoms with van der Waals surface area (Å²) in [4.78, 5) is 114. The van der Waals surface area contributed by atoms with Gasteiger partial charge in [0.2, 0.25) is 35.3 Å². The Balaban J connectivity index is 0.751. The predicted molar refractivity (Wildman–Crippen MR) is 394 cm³/mol. The van der Waals surface area contributed by atoms with Crippen molar-refractivity contribution in [3.63, 3.8) is 0 Å². The highest BCUT2D eigenvalue weighted by Crippen LogP contribution is 2.48. The van der Waals surface area contributed by atoms with Crippen LogP contribution in [0.25, 0.3) is 32.7 Å². The number of benzene rings is 4. The molecule has 1 aliphatic rings. The number of H-pyrrole nitrogens is 2. The number of hydrogen-bond acceptors (Lipinski definition) is 21. The number of primary amides is 1. The molecule has 33 nitrogen and oxygen atoms in total. The number of aromatic nitrogens is 3. The van der Waals surface area contributed by atoms with Crippen molar-refractivity contribution < 1.29 is 94.0 Å². The van der Waals surface area contributed by atoms with E-state index in [4.69, 9.17) is 60.0 Å². The van der Waals surface area contributed by atoms with Gasteiger partial charge in [0, 0.05) is 91.6 Å². The molecule has 8 amide bonds. The number of urea groups is 1. The number of hydrazine groups is 1. The third kappa shape index (κ3) is 22.4. The summed E-state index contributed by atoms with van der Waals surface area (Å²) in [6.45, 7) is 5.69. The molecule has 0 radical (unpaired) electrons. The summed E-state index contributed by atoms with van der Waals surface area (Å²) in [5.41, 5.74) is 13.8. The SMILES string of the molecule is CNN(C)Cc1cc2ccccc2n1CCC(=O)N[C@@H](CS(=O)(=O)O)C(=O)NCCOCCOCCOCCOCCC(=O)NC(C(=O)N[C@@H](CCCNC(N)=O)C(=O)Nc1ccc(COc2cc3c(c4cc(C(=O)OC)[nH]c24)[C@H](CCl)CN3C(=O)c2cc3cc(OC)c(OC)c(OC)c3[nH]2)cc1)C(C)C. The summed E-state index contributed by atoms with van der Waals surface area (Å²) in [5, 5.41) is 19.9. The summed E-state index contributed by atoms with van der Waals surface area (Å²) < 4.78 is 85.7. The first-order valence-corrected chi connectivity index (χ1v) is 36.5. The van der Waals surface area contributed by atoms with E-state index in [1.165, 1.54) is 28.4 Å². The van der Waals surface area contributed by atoms with Gasteiger partial charge >= 0.3 is 12.0 Å². The fourth-order valence-corrected chi connectivity index (χ4v) is 13.0. The van der Waals surface area contributed by atoms with Crippen LogP contribution in [-0.2, 0) is 77.5 Å². The predicted octanol–water partition coefficient (Wildman–Crippen LogP) is 4.59. The molecule has 576 valence electrons. The highest BCUT2D eigenvalue weighted by Gasteiger charge is 2.38. The Kier molecular flexibility index (Phi) is 30.5. The molecule has 1 unspecified atom stereocenters. The molecule has 4 atom stereocenters. The molecule has 106 heavy (non-hydrogen) atoms. The number of nitrogens with two attached hydrogens (primary N) is 1. The van der Waals surface area contributed by atoms with E-state index in [-0.39, 0.29) is 140 Å². The fourth-order valence-electron chi connectivity index (χ4n) is 12.1. The molecule has 0 bridgehead atoms. The molecule has 4 aromatic carbocycles. The summed E-state index contributed by atoms with van der Waals surface area (Å²) in [5.74, 6) is -4.29. The van der Waals surface area contributed by atoms with E-state index in [1.54, 1.807) is 74.3 Å². The smallest absolute Gasteiger partial charge is 0.354 e. The van der Waals surface area contributed by atoms with Crippen molar-refractivity contribution in [2.45, 2.75) is 83.3 Å². The average molecular weight is 1520 g/mol. The number of esters is 1. The number of fused-ring (bicyclic) bond motifs is 5. The molecule has 1 aliphatic heterocycles. The van der Waals surface area contributed by atoms with Crippen LogP contribution in [0.5, 0.6) is 23.0 Å². The molecule has 0 saturated carbocycles. The van der Waals surface area contributed by atoms with E-state index in [0.717, 1.165) is 22.2 Å². The first kappa shape index (κ1) is 81.9. The van der Waals surface area contributed by atoms with Crippen LogP contribution < -0.4 is 66.9 Å². The standard InChI is InChI=1S/C71H94ClN13O20S/c1-42(2)61(82-59(87)20-24-101-26-28-103-30-31-104-29-27-102-25-22-75-66(88)53(41-106(94,95)96)78-58(86)19-23-84-48(39-83(4)74-3)32-44-12-9-10-14-54(44)84)68(90)81-50(13-11-21-76-71(73)93)67(89)77-47-17-15-43(16-18-47)40-105-56-36-55-60(49-35-52(70(92)100-8)80-63(49)56)46(37-72)38-85(55)69(91)51-33-45-34-57(97-5)64(98-6)65(99-7)62(45)79-51/h9-10,12,14-18,32-36,42,46,50,53,61,74,79-80H,11,13,19-31,37-41H2,1-8H3,(H,75,88)(H,77,89)(H,78,86)(H,81,90)(H,82,87)(H3,73,76,93)(H,94,95,96)/t46-,50+,53+,61?/m1/s1. The summed E-state index contributed by atoms with van der Waals surface area (Å²) in [7, 11) is 4.76. The number of aromatic amines is 2. The molecule has 0 saturated heterocycles. The maximum Gasteiger partial charge on any atom is 0.354 e. The monoisotopic (exact) mass is 1520 g/mol. The van der Waals surface area contributed by atoms with E-state index in [1.807, 2.05) is 47.0 Å². The van der Waals surface area contributed by atoms with Crippen molar-refractivity contribution >= 4 is 113 Å². The quantitative estimate of drug-likeness (QED) is 0.00817. The van der Waals surface area contributed by atoms with Crippen molar-refractivity contribution in [2.24, 2.45) is 11.7 Å². The van der Waals surface area contributed by atoms with Crippen molar-refractivity contribution in [3.05, 3.63) is 107 Å². The van der Waals surface area contributed by atoms with Crippen LogP contribution in [-0.4, -0.2) is 225 Å². The second-order valence-electron chi connectivity index (χ2n) is 25.1. The zero-order valence-corrected chi connectivity index (χ0v) is 62.0. The number of alkyl halides is 1. The van der Waals surface area contributed by atoms with Gasteiger partial charge in [0.1, 0.15) is 47.6 Å². The number of nitrogens with one attached hydrogen (secondary N) is 9. The lowest BCUT2D eigenvalue weighted by atomic mass is 9.98. The molecule has 0 fully saturated rings. The Morgan fingerprint density at radius 1 is 0.708 bits per heavy atom. The Bertz CT molecular complexity index is 4320. The Labute approximate surface area is 617 Å². The number of rotatable bonds is 44. The van der Waals surface area contributed by atoms with Crippen LogP contribution in [0.15, 0.2) is 78.9 Å². The van der Waals surface area contributed by atoms with Crippen LogP contribution in [0.3, 0.4) is 0 Å². The highest BCUT2D eigenvalue weighted by atomic mass is 35.5. The van der Waals surface area contributed by atoms with Gasteiger partial charge in [-0.15, -0.1) is 11.6 Å². The number of carbonyl (C=O) groups excluding carboxylic acids is 8. The van der Waals surface area contributed by atoms with Crippen molar-refractivity contribution in [3.8, 4) is 23.0 Å². The van der Waals surface area contributed by atoms with E-state index >= 15 is 0 Å². The lowest BCUT2D eigenvalue weighted by Crippen LogP contribution is -2.54. The van der Waals surface area contributed by atoms with Gasteiger partial charge in [-0.25, -0.2) is 14.6 Å². The second kappa shape index (κ2) is 39.5. The average Bonchev–Trinajstić information content (AvgIpc) is 1.58. The Morgan fingerprint density at radius 2 is 1.38 bits per heavy atom. The van der Waals surface area contributed by atoms with Gasteiger partial charge in [-0.2, -0.15) is 8.42 Å². The van der Waals surface area contributed by atoms with Gasteiger partial charge < -0.3 is 99.7 Å². The van der Waals surface area contributed by atoms with Crippen LogP contribution >= 0.6 is 11.6 Å². The molecule has 35 heteroatoms. The number of halogens is 1. The third-order valence-electron chi connectivity index (χ3n) is 17.4. The van der Waals surface area contributed by atoms with Crippen LogP contribution in [0.4, 0.5) is 16.2 Å². The van der Waals surface area contributed by atoms with Gasteiger partial charge in [-0.3, -0.25) is 38.7 Å². The number of methoxy groups -OCH3 is 4. The molecule has 4 heterocycles. The molecular formula is C71H94ClN13O20S.